The summed E-state index contributed by atoms with van der Waals surface area (Å²) in [6, 6.07) is 5.39. The van der Waals surface area contributed by atoms with Gasteiger partial charge in [-0.25, -0.2) is 0 Å². The molecule has 0 spiro atoms. The van der Waals surface area contributed by atoms with Gasteiger partial charge < -0.3 is 10.5 Å². The smallest absolute Gasteiger partial charge is 0.310 e. The fourth-order valence-electron chi connectivity index (χ4n) is 1.45. The van der Waals surface area contributed by atoms with Crippen LogP contribution in [-0.2, 0) is 22.5 Å². The molecule has 0 fully saturated rings. The third kappa shape index (κ3) is 3.19. The first-order chi connectivity index (χ1) is 8.13. The topological polar surface area (TPSA) is 76.1 Å². The fraction of sp³-hybridized carbons (Fsp3) is 0.333. The van der Waals surface area contributed by atoms with Crippen LogP contribution in [0.25, 0.3) is 0 Å². The van der Waals surface area contributed by atoms with Crippen molar-refractivity contribution in [3.05, 3.63) is 33.8 Å². The van der Waals surface area contributed by atoms with Gasteiger partial charge in [0.1, 0.15) is 6.07 Å². The van der Waals surface area contributed by atoms with Crippen molar-refractivity contribution in [1.29, 1.82) is 5.26 Å². The van der Waals surface area contributed by atoms with Crippen LogP contribution in [-0.4, -0.2) is 12.6 Å². The molecule has 0 saturated carbocycles. The first-order valence-electron chi connectivity index (χ1n) is 5.20. The summed E-state index contributed by atoms with van der Waals surface area (Å²) in [4.78, 5) is 11.3. The van der Waals surface area contributed by atoms with Crippen LogP contribution in [0.5, 0.6) is 0 Å². The highest BCUT2D eigenvalue weighted by Crippen LogP contribution is 2.24. The summed E-state index contributed by atoms with van der Waals surface area (Å²) in [6.45, 7) is 2.30. The van der Waals surface area contributed by atoms with E-state index in [9.17, 15) is 4.79 Å². The molecule has 0 radical (unpaired) electrons. The lowest BCUT2D eigenvalue weighted by molar-refractivity contribution is -0.142. The quantitative estimate of drug-likeness (QED) is 0.829. The number of nitriles is 1. The summed E-state index contributed by atoms with van der Waals surface area (Å²) in [6.07, 6.45) is 0.0430. The molecule has 0 saturated heterocycles. The maximum absolute atomic E-state index is 11.3. The molecule has 0 atom stereocenters. The monoisotopic (exact) mass is 252 g/mol. The Morgan fingerprint density at radius 1 is 1.53 bits per heavy atom. The Hall–Kier alpha value is -1.57. The molecule has 17 heavy (non-hydrogen) atoms. The highest BCUT2D eigenvalue weighted by molar-refractivity contribution is 6.32. The van der Waals surface area contributed by atoms with Crippen LogP contribution in [0, 0.1) is 11.3 Å². The molecule has 5 heteroatoms. The zero-order chi connectivity index (χ0) is 12.8. The normalized spacial score (nSPS) is 9.76. The number of carbonyl (C=O) groups excluding carboxylic acids is 1. The lowest BCUT2D eigenvalue weighted by atomic mass is 10.0. The Labute approximate surface area is 105 Å². The number of carbonyl (C=O) groups is 1. The van der Waals surface area contributed by atoms with Gasteiger partial charge in [0.25, 0.3) is 0 Å². The lowest BCUT2D eigenvalue weighted by Gasteiger charge is -2.08. The van der Waals surface area contributed by atoms with Crippen molar-refractivity contribution in [2.45, 2.75) is 19.9 Å². The van der Waals surface area contributed by atoms with Gasteiger partial charge in [0.05, 0.1) is 23.6 Å². The highest BCUT2D eigenvalue weighted by Gasteiger charge is 2.14. The summed E-state index contributed by atoms with van der Waals surface area (Å²) in [5.74, 6) is -0.374. The summed E-state index contributed by atoms with van der Waals surface area (Å²) in [5, 5.41) is 9.35. The second-order valence-electron chi connectivity index (χ2n) is 3.37. The summed E-state index contributed by atoms with van der Waals surface area (Å²) in [5.41, 5.74) is 7.04. The van der Waals surface area contributed by atoms with E-state index in [1.807, 2.05) is 6.07 Å². The van der Waals surface area contributed by atoms with Gasteiger partial charge in [-0.1, -0.05) is 23.7 Å². The van der Waals surface area contributed by atoms with Crippen molar-refractivity contribution < 1.29 is 9.53 Å². The first kappa shape index (κ1) is 13.5. The Morgan fingerprint density at radius 3 is 2.71 bits per heavy atom. The minimum absolute atomic E-state index is 0.0430. The molecule has 0 aliphatic carbocycles. The van der Waals surface area contributed by atoms with Crippen LogP contribution in [0.3, 0.4) is 0 Å². The van der Waals surface area contributed by atoms with Gasteiger partial charge in [-0.05, 0) is 18.1 Å². The predicted octanol–water partition coefficient (Wildman–Crippen LogP) is 1.78. The number of benzene rings is 1. The van der Waals surface area contributed by atoms with Crippen molar-refractivity contribution in [2.24, 2.45) is 5.73 Å². The molecule has 90 valence electrons. The number of nitrogens with zero attached hydrogens (tertiary/aromatic N) is 1. The molecule has 0 unspecified atom stereocenters. The molecule has 0 aliphatic heterocycles. The van der Waals surface area contributed by atoms with Gasteiger partial charge >= 0.3 is 5.97 Å². The molecule has 2 N–H and O–H groups in total. The zero-order valence-electron chi connectivity index (χ0n) is 9.50. The Morgan fingerprint density at radius 2 is 2.18 bits per heavy atom. The number of hydrogen-bond donors (Lipinski definition) is 1. The zero-order valence-corrected chi connectivity index (χ0v) is 10.3. The van der Waals surface area contributed by atoms with Crippen LogP contribution < -0.4 is 5.73 Å². The minimum atomic E-state index is -0.374. The molecule has 0 aliphatic rings. The molecule has 1 aromatic rings. The number of halogens is 1. The second-order valence-corrected chi connectivity index (χ2v) is 3.75. The van der Waals surface area contributed by atoms with Crippen LogP contribution >= 0.6 is 11.6 Å². The summed E-state index contributed by atoms with van der Waals surface area (Å²) in [7, 11) is 0. The van der Waals surface area contributed by atoms with Gasteiger partial charge in [0.2, 0.25) is 0 Å². The minimum Gasteiger partial charge on any atom is -0.466 e. The molecule has 1 aromatic carbocycles. The van der Waals surface area contributed by atoms with Crippen LogP contribution in [0.4, 0.5) is 0 Å². The molecular formula is C12H13ClN2O2. The van der Waals surface area contributed by atoms with Crippen molar-refractivity contribution in [1.82, 2.24) is 0 Å². The van der Waals surface area contributed by atoms with Gasteiger partial charge in [-0.2, -0.15) is 5.26 Å². The number of nitrogens with two attached hydrogens (primary N) is 1. The van der Waals surface area contributed by atoms with E-state index in [1.54, 1.807) is 19.1 Å². The predicted molar refractivity (Wildman–Crippen MR) is 64.4 cm³/mol. The maximum Gasteiger partial charge on any atom is 0.310 e. The third-order valence-electron chi connectivity index (χ3n) is 2.28. The molecule has 0 heterocycles. The number of hydrogen-bond acceptors (Lipinski definition) is 4. The van der Waals surface area contributed by atoms with E-state index >= 15 is 0 Å². The molecular weight excluding hydrogens is 240 g/mol. The molecule has 0 amide bonds. The van der Waals surface area contributed by atoms with Crippen molar-refractivity contribution in [3.8, 4) is 6.07 Å². The molecule has 0 aromatic heterocycles. The molecule has 0 bridgehead atoms. The lowest BCUT2D eigenvalue weighted by Crippen LogP contribution is -2.09. The Bertz CT molecular complexity index is 466. The van der Waals surface area contributed by atoms with Crippen LogP contribution in [0.1, 0.15) is 23.6 Å². The van der Waals surface area contributed by atoms with Crippen LogP contribution in [0.2, 0.25) is 5.02 Å². The first-order valence-corrected chi connectivity index (χ1v) is 5.57. The molecule has 1 rings (SSSR count). The van der Waals surface area contributed by atoms with Gasteiger partial charge in [-0.3, -0.25) is 4.79 Å². The largest absolute Gasteiger partial charge is 0.466 e. The molecule has 4 nitrogen and oxygen atoms in total. The Kier molecular flexibility index (Phi) is 4.95. The number of esters is 1. The van der Waals surface area contributed by atoms with E-state index in [0.29, 0.717) is 28.3 Å². The highest BCUT2D eigenvalue weighted by atomic mass is 35.5. The van der Waals surface area contributed by atoms with Gasteiger partial charge in [-0.15, -0.1) is 0 Å². The fourth-order valence-corrected chi connectivity index (χ4v) is 1.76. The number of ether oxygens (including phenoxy) is 1. The van der Waals surface area contributed by atoms with Gasteiger partial charge in [0.15, 0.2) is 0 Å². The maximum atomic E-state index is 11.3. The number of rotatable bonds is 4. The Balaban J connectivity index is 3.06. The van der Waals surface area contributed by atoms with E-state index in [-0.39, 0.29) is 18.9 Å². The van der Waals surface area contributed by atoms with E-state index in [1.165, 1.54) is 0 Å². The van der Waals surface area contributed by atoms with Crippen molar-refractivity contribution in [3.63, 3.8) is 0 Å². The third-order valence-corrected chi connectivity index (χ3v) is 2.71. The van der Waals surface area contributed by atoms with E-state index in [0.717, 1.165) is 0 Å². The van der Waals surface area contributed by atoms with E-state index in [4.69, 9.17) is 27.3 Å². The van der Waals surface area contributed by atoms with E-state index < -0.39 is 0 Å². The standard InChI is InChI=1S/C12H13ClN2O2/c1-2-17-11(16)5-8-3-4-9(6-14)12(13)10(8)7-15/h3-4H,2,5-6,14H2,1H3. The van der Waals surface area contributed by atoms with Crippen molar-refractivity contribution >= 4 is 17.6 Å². The summed E-state index contributed by atoms with van der Waals surface area (Å²) < 4.78 is 4.83. The average molecular weight is 253 g/mol. The van der Waals surface area contributed by atoms with Crippen LogP contribution in [0.15, 0.2) is 12.1 Å². The van der Waals surface area contributed by atoms with Crippen molar-refractivity contribution in [2.75, 3.05) is 6.61 Å². The van der Waals surface area contributed by atoms with E-state index in [2.05, 4.69) is 0 Å². The second kappa shape index (κ2) is 6.24. The van der Waals surface area contributed by atoms with Gasteiger partial charge in [0, 0.05) is 6.54 Å². The SMILES string of the molecule is CCOC(=O)Cc1ccc(CN)c(Cl)c1C#N. The summed E-state index contributed by atoms with van der Waals surface area (Å²) >= 11 is 6.02. The average Bonchev–Trinajstić information content (AvgIpc) is 2.30.